The van der Waals surface area contributed by atoms with E-state index >= 15 is 0 Å². The Morgan fingerprint density at radius 1 is 1.36 bits per heavy atom. The molecule has 0 radical (unpaired) electrons. The van der Waals surface area contributed by atoms with Gasteiger partial charge in [-0.2, -0.15) is 0 Å². The van der Waals surface area contributed by atoms with E-state index in [1.54, 1.807) is 4.90 Å². The Bertz CT molecular complexity index is 551. The molecule has 2 atom stereocenters. The van der Waals surface area contributed by atoms with Gasteiger partial charge in [-0.05, 0) is 32.9 Å². The summed E-state index contributed by atoms with van der Waals surface area (Å²) >= 11 is 0. The van der Waals surface area contributed by atoms with Crippen molar-refractivity contribution in [1.29, 1.82) is 0 Å². The number of hydrogen-bond donors (Lipinski definition) is 1. The Balaban J connectivity index is 1.64. The number of carbonyl (C=O) groups excluding carboxylic acids is 1. The molecule has 22 heavy (non-hydrogen) atoms. The summed E-state index contributed by atoms with van der Waals surface area (Å²) in [5, 5.41) is 17.9. The molecular formula is C15H22N4O3. The summed E-state index contributed by atoms with van der Waals surface area (Å²) in [6, 6.07) is 0.0249. The van der Waals surface area contributed by atoms with Crippen molar-refractivity contribution in [2.75, 3.05) is 26.2 Å². The second-order valence-electron chi connectivity index (χ2n) is 5.86. The molecule has 120 valence electrons. The summed E-state index contributed by atoms with van der Waals surface area (Å²) in [5.41, 5.74) is 0. The molecule has 3 rings (SSSR count). The minimum absolute atomic E-state index is 0.00813. The maximum Gasteiger partial charge on any atom is 0.311 e. The van der Waals surface area contributed by atoms with Gasteiger partial charge in [0, 0.05) is 19.5 Å². The third kappa shape index (κ3) is 3.05. The summed E-state index contributed by atoms with van der Waals surface area (Å²) in [6.45, 7) is 4.75. The Kier molecular flexibility index (Phi) is 4.54. The van der Waals surface area contributed by atoms with E-state index in [9.17, 15) is 9.90 Å². The molecule has 2 fully saturated rings. The van der Waals surface area contributed by atoms with Crippen molar-refractivity contribution in [1.82, 2.24) is 20.0 Å². The van der Waals surface area contributed by atoms with Crippen LogP contribution < -0.4 is 0 Å². The Morgan fingerprint density at radius 3 is 2.86 bits per heavy atom. The van der Waals surface area contributed by atoms with Crippen molar-refractivity contribution in [3.05, 3.63) is 23.9 Å². The second kappa shape index (κ2) is 6.58. The number of likely N-dealkylation sites (tertiary alicyclic amines) is 2. The topological polar surface area (TPSA) is 82.7 Å². The molecule has 0 aromatic carbocycles. The molecule has 0 bridgehead atoms. The van der Waals surface area contributed by atoms with Crippen LogP contribution in [0.2, 0.25) is 0 Å². The molecule has 7 nitrogen and oxygen atoms in total. The molecule has 7 heteroatoms. The Hall–Kier alpha value is -1.73. The van der Waals surface area contributed by atoms with Crippen LogP contribution in [-0.2, 0) is 6.42 Å². The van der Waals surface area contributed by atoms with Gasteiger partial charge in [0.15, 0.2) is 0 Å². The molecule has 0 spiro atoms. The van der Waals surface area contributed by atoms with Crippen molar-refractivity contribution in [3.63, 3.8) is 0 Å². The molecule has 0 saturated carbocycles. The van der Waals surface area contributed by atoms with Gasteiger partial charge < -0.3 is 14.4 Å². The van der Waals surface area contributed by atoms with Crippen LogP contribution in [-0.4, -0.2) is 69.3 Å². The van der Waals surface area contributed by atoms with Crippen LogP contribution in [0, 0.1) is 0 Å². The molecule has 2 aliphatic rings. The van der Waals surface area contributed by atoms with E-state index in [4.69, 9.17) is 4.42 Å². The number of rotatable bonds is 4. The minimum atomic E-state index is -0.507. The van der Waals surface area contributed by atoms with Crippen molar-refractivity contribution in [3.8, 4) is 0 Å². The number of amides is 1. The van der Waals surface area contributed by atoms with E-state index in [-0.39, 0.29) is 17.8 Å². The van der Waals surface area contributed by atoms with Gasteiger partial charge in [-0.3, -0.25) is 9.69 Å². The summed E-state index contributed by atoms with van der Waals surface area (Å²) < 4.78 is 5.40. The Morgan fingerprint density at radius 2 is 2.14 bits per heavy atom. The highest BCUT2D eigenvalue weighted by molar-refractivity contribution is 5.89. The predicted molar refractivity (Wildman–Crippen MR) is 79.3 cm³/mol. The Labute approximate surface area is 129 Å². The second-order valence-corrected chi connectivity index (χ2v) is 5.86. The highest BCUT2D eigenvalue weighted by atomic mass is 16.4. The first-order valence-electron chi connectivity index (χ1n) is 7.84. The first-order chi connectivity index (χ1) is 10.7. The number of β-amino-alcohol motifs (C(OH)–C–C–N with tert-alkyl or cyclic N) is 1. The standard InChI is InChI=1S/C15H22N4O3/c1-2-3-6-13-16-17-14(22-13)15(21)19-9-11(12(20)10-19)18-7-4-5-8-18/h2-3,11-12,20H,4-10H2,1H3/b3-2+/t11-,12-/m1/s1. The lowest BCUT2D eigenvalue weighted by Gasteiger charge is -2.25. The van der Waals surface area contributed by atoms with Crippen LogP contribution in [0.5, 0.6) is 0 Å². The summed E-state index contributed by atoms with van der Waals surface area (Å²) in [4.78, 5) is 16.3. The smallest absolute Gasteiger partial charge is 0.311 e. The van der Waals surface area contributed by atoms with Gasteiger partial charge in [0.1, 0.15) is 0 Å². The van der Waals surface area contributed by atoms with E-state index in [1.165, 1.54) is 0 Å². The fourth-order valence-electron chi connectivity index (χ4n) is 3.14. The van der Waals surface area contributed by atoms with E-state index in [0.29, 0.717) is 25.4 Å². The molecule has 3 heterocycles. The lowest BCUT2D eigenvalue weighted by atomic mass is 10.2. The fourth-order valence-corrected chi connectivity index (χ4v) is 3.14. The molecule has 1 N–H and O–H groups in total. The van der Waals surface area contributed by atoms with Crippen molar-refractivity contribution >= 4 is 5.91 Å². The van der Waals surface area contributed by atoms with Crippen LogP contribution in [0.25, 0.3) is 0 Å². The maximum atomic E-state index is 12.4. The van der Waals surface area contributed by atoms with Crippen LogP contribution >= 0.6 is 0 Å². The monoisotopic (exact) mass is 306 g/mol. The van der Waals surface area contributed by atoms with E-state index in [2.05, 4.69) is 15.1 Å². The molecule has 0 aliphatic carbocycles. The van der Waals surface area contributed by atoms with Crippen molar-refractivity contribution in [2.45, 2.75) is 38.3 Å². The summed E-state index contributed by atoms with van der Waals surface area (Å²) in [6.07, 6.45) is 6.13. The number of hydrogen-bond acceptors (Lipinski definition) is 6. The minimum Gasteiger partial charge on any atom is -0.417 e. The molecule has 2 saturated heterocycles. The van der Waals surface area contributed by atoms with Gasteiger partial charge in [-0.15, -0.1) is 10.2 Å². The lowest BCUT2D eigenvalue weighted by molar-refractivity contribution is 0.0723. The molecule has 1 aromatic rings. The normalized spacial score (nSPS) is 26.4. The summed E-state index contributed by atoms with van der Waals surface area (Å²) in [5.74, 6) is 0.144. The number of carbonyl (C=O) groups is 1. The van der Waals surface area contributed by atoms with Crippen LogP contribution in [0.1, 0.15) is 36.3 Å². The first kappa shape index (κ1) is 15.2. The number of allylic oxidation sites excluding steroid dienone is 2. The number of aliphatic hydroxyl groups is 1. The maximum absolute atomic E-state index is 12.4. The highest BCUT2D eigenvalue weighted by Crippen LogP contribution is 2.22. The van der Waals surface area contributed by atoms with Gasteiger partial charge in [-0.25, -0.2) is 0 Å². The largest absolute Gasteiger partial charge is 0.417 e. The van der Waals surface area contributed by atoms with E-state index in [1.807, 2.05) is 19.1 Å². The average molecular weight is 306 g/mol. The highest BCUT2D eigenvalue weighted by Gasteiger charge is 2.39. The van der Waals surface area contributed by atoms with Crippen molar-refractivity contribution in [2.24, 2.45) is 0 Å². The van der Waals surface area contributed by atoms with Crippen LogP contribution in [0.3, 0.4) is 0 Å². The molecule has 1 aromatic heterocycles. The molecular weight excluding hydrogens is 284 g/mol. The van der Waals surface area contributed by atoms with Gasteiger partial charge in [-0.1, -0.05) is 12.2 Å². The lowest BCUT2D eigenvalue weighted by Crippen LogP contribution is -2.41. The summed E-state index contributed by atoms with van der Waals surface area (Å²) in [7, 11) is 0. The zero-order valence-electron chi connectivity index (χ0n) is 12.8. The number of aromatic nitrogens is 2. The quantitative estimate of drug-likeness (QED) is 0.814. The van der Waals surface area contributed by atoms with Gasteiger partial charge >= 0.3 is 11.8 Å². The van der Waals surface area contributed by atoms with Crippen molar-refractivity contribution < 1.29 is 14.3 Å². The zero-order chi connectivity index (χ0) is 15.5. The number of aliphatic hydroxyl groups excluding tert-OH is 1. The third-order valence-electron chi connectivity index (χ3n) is 4.33. The molecule has 2 aliphatic heterocycles. The molecule has 1 amide bonds. The van der Waals surface area contributed by atoms with Crippen LogP contribution in [0.4, 0.5) is 0 Å². The van der Waals surface area contributed by atoms with E-state index in [0.717, 1.165) is 25.9 Å². The molecule has 0 unspecified atom stereocenters. The first-order valence-corrected chi connectivity index (χ1v) is 7.84. The van der Waals surface area contributed by atoms with Gasteiger partial charge in [0.05, 0.1) is 12.1 Å². The number of nitrogens with zero attached hydrogens (tertiary/aromatic N) is 4. The fraction of sp³-hybridized carbons (Fsp3) is 0.667. The van der Waals surface area contributed by atoms with Crippen LogP contribution in [0.15, 0.2) is 16.6 Å². The average Bonchev–Trinajstić information content (AvgIpc) is 3.24. The van der Waals surface area contributed by atoms with Gasteiger partial charge in [0.2, 0.25) is 5.89 Å². The zero-order valence-corrected chi connectivity index (χ0v) is 12.8. The van der Waals surface area contributed by atoms with Gasteiger partial charge in [0.25, 0.3) is 0 Å². The predicted octanol–water partition coefficient (Wildman–Crippen LogP) is 0.469. The van der Waals surface area contributed by atoms with E-state index < -0.39 is 6.10 Å². The third-order valence-corrected chi connectivity index (χ3v) is 4.33. The SMILES string of the molecule is C/C=C/Cc1nnc(C(=O)N2C[C@@H](O)[C@H](N3CCCC3)C2)o1.